The van der Waals surface area contributed by atoms with Crippen molar-refractivity contribution in [1.29, 1.82) is 0 Å². The number of rotatable bonds is 9. The van der Waals surface area contributed by atoms with E-state index in [-0.39, 0.29) is 5.91 Å². The summed E-state index contributed by atoms with van der Waals surface area (Å²) in [6, 6.07) is 29.5. The van der Waals surface area contributed by atoms with Crippen LogP contribution in [0.1, 0.15) is 22.6 Å². The second kappa shape index (κ2) is 10.2. The molecule has 0 heterocycles. The first kappa shape index (κ1) is 19.6. The molecule has 0 aliphatic carbocycles. The number of carbonyl (C=O) groups is 1. The monoisotopic (exact) mass is 371 g/mol. The van der Waals surface area contributed by atoms with Crippen LogP contribution in [0.25, 0.3) is 0 Å². The summed E-state index contributed by atoms with van der Waals surface area (Å²) in [7, 11) is 0. The van der Waals surface area contributed by atoms with Crippen LogP contribution >= 0.6 is 0 Å². The summed E-state index contributed by atoms with van der Waals surface area (Å²) >= 11 is 0. The molecule has 3 aromatic carbocycles. The number of hydrogen-bond acceptors (Lipinski definition) is 2. The number of benzene rings is 3. The summed E-state index contributed by atoms with van der Waals surface area (Å²) in [4.78, 5) is 13.1. The molecule has 3 aromatic rings. The van der Waals surface area contributed by atoms with Gasteiger partial charge in [0.15, 0.2) is 0 Å². The number of ether oxygens (including phenoxy) is 1. The Labute approximate surface area is 166 Å². The van der Waals surface area contributed by atoms with Crippen molar-refractivity contribution in [3.8, 4) is 0 Å². The smallest absolute Gasteiger partial charge is 0.230 e. The van der Waals surface area contributed by atoms with Crippen molar-refractivity contribution in [3.63, 3.8) is 0 Å². The van der Waals surface area contributed by atoms with Gasteiger partial charge in [-0.3, -0.25) is 4.79 Å². The van der Waals surface area contributed by atoms with Gasteiger partial charge in [-0.1, -0.05) is 97.1 Å². The fraction of sp³-hybridized carbons (Fsp3) is 0.160. The number of hydrogen-bond donors (Lipinski definition) is 1. The first-order chi connectivity index (χ1) is 13.8. The van der Waals surface area contributed by atoms with Crippen molar-refractivity contribution in [2.75, 3.05) is 0 Å². The topological polar surface area (TPSA) is 38.3 Å². The van der Waals surface area contributed by atoms with Crippen molar-refractivity contribution in [2.45, 2.75) is 25.2 Å². The third kappa shape index (κ3) is 5.41. The van der Waals surface area contributed by atoms with Crippen LogP contribution in [-0.4, -0.2) is 12.0 Å². The molecule has 0 unspecified atom stereocenters. The Balaban J connectivity index is 1.75. The SMILES string of the molecule is C=C[C@H](OCc1ccccc1)[C@H](C(=O)NCc1ccccc1)c1ccccc1. The summed E-state index contributed by atoms with van der Waals surface area (Å²) in [6.07, 6.45) is 1.28. The first-order valence-corrected chi connectivity index (χ1v) is 9.42. The van der Waals surface area contributed by atoms with E-state index in [1.165, 1.54) is 0 Å². The van der Waals surface area contributed by atoms with Gasteiger partial charge in [-0.05, 0) is 16.7 Å². The zero-order valence-electron chi connectivity index (χ0n) is 15.8. The second-order valence-corrected chi connectivity index (χ2v) is 6.59. The molecule has 1 N–H and O–H groups in total. The molecule has 0 aliphatic heterocycles. The van der Waals surface area contributed by atoms with E-state index in [9.17, 15) is 4.79 Å². The molecule has 0 saturated heterocycles. The van der Waals surface area contributed by atoms with Gasteiger partial charge in [-0.25, -0.2) is 0 Å². The summed E-state index contributed by atoms with van der Waals surface area (Å²) in [5.74, 6) is -0.542. The van der Waals surface area contributed by atoms with Gasteiger partial charge in [-0.15, -0.1) is 6.58 Å². The third-order valence-corrected chi connectivity index (χ3v) is 4.60. The van der Waals surface area contributed by atoms with Crippen LogP contribution in [0.4, 0.5) is 0 Å². The average molecular weight is 371 g/mol. The quantitative estimate of drug-likeness (QED) is 0.546. The number of nitrogens with one attached hydrogen (secondary N) is 1. The van der Waals surface area contributed by atoms with Crippen LogP contribution in [0.5, 0.6) is 0 Å². The van der Waals surface area contributed by atoms with E-state index in [4.69, 9.17) is 4.74 Å². The normalized spacial score (nSPS) is 12.7. The van der Waals surface area contributed by atoms with Crippen LogP contribution in [0.3, 0.4) is 0 Å². The molecule has 142 valence electrons. The lowest BCUT2D eigenvalue weighted by Crippen LogP contribution is -2.36. The van der Waals surface area contributed by atoms with E-state index in [0.717, 1.165) is 16.7 Å². The fourth-order valence-electron chi connectivity index (χ4n) is 3.11. The van der Waals surface area contributed by atoms with Crippen LogP contribution < -0.4 is 5.32 Å². The van der Waals surface area contributed by atoms with Crippen LogP contribution in [0, 0.1) is 0 Å². The highest BCUT2D eigenvalue weighted by molar-refractivity contribution is 5.84. The Hall–Kier alpha value is -3.17. The molecule has 3 heteroatoms. The molecule has 0 bridgehead atoms. The molecule has 3 nitrogen and oxygen atoms in total. The van der Waals surface area contributed by atoms with E-state index in [1.54, 1.807) is 6.08 Å². The zero-order chi connectivity index (χ0) is 19.6. The van der Waals surface area contributed by atoms with Crippen molar-refractivity contribution in [2.24, 2.45) is 0 Å². The van der Waals surface area contributed by atoms with E-state index in [0.29, 0.717) is 13.2 Å². The van der Waals surface area contributed by atoms with E-state index < -0.39 is 12.0 Å². The maximum absolute atomic E-state index is 13.1. The highest BCUT2D eigenvalue weighted by Crippen LogP contribution is 2.24. The first-order valence-electron chi connectivity index (χ1n) is 9.42. The fourth-order valence-corrected chi connectivity index (χ4v) is 3.11. The van der Waals surface area contributed by atoms with Crippen molar-refractivity contribution in [1.82, 2.24) is 5.32 Å². The lowest BCUT2D eigenvalue weighted by molar-refractivity contribution is -0.125. The van der Waals surface area contributed by atoms with Crippen LogP contribution in [0.15, 0.2) is 104 Å². The van der Waals surface area contributed by atoms with E-state index >= 15 is 0 Å². The Kier molecular flexibility index (Phi) is 7.16. The summed E-state index contributed by atoms with van der Waals surface area (Å²) < 4.78 is 6.09. The maximum atomic E-state index is 13.1. The molecule has 1 amide bonds. The van der Waals surface area contributed by atoms with Gasteiger partial charge in [0, 0.05) is 6.54 Å². The summed E-state index contributed by atoms with van der Waals surface area (Å²) in [5, 5.41) is 3.04. The molecular formula is C25H25NO2. The molecule has 2 atom stereocenters. The largest absolute Gasteiger partial charge is 0.368 e. The van der Waals surface area contributed by atoms with E-state index in [2.05, 4.69) is 11.9 Å². The molecule has 0 aromatic heterocycles. The Morgan fingerprint density at radius 1 is 0.857 bits per heavy atom. The molecule has 0 saturated carbocycles. The lowest BCUT2D eigenvalue weighted by atomic mass is 9.92. The van der Waals surface area contributed by atoms with Crippen LogP contribution in [-0.2, 0) is 22.7 Å². The third-order valence-electron chi connectivity index (χ3n) is 4.60. The second-order valence-electron chi connectivity index (χ2n) is 6.59. The van der Waals surface area contributed by atoms with Gasteiger partial charge >= 0.3 is 0 Å². The Morgan fingerprint density at radius 2 is 1.39 bits per heavy atom. The minimum absolute atomic E-state index is 0.0759. The summed E-state index contributed by atoms with van der Waals surface area (Å²) in [5.41, 5.74) is 3.03. The van der Waals surface area contributed by atoms with Gasteiger partial charge < -0.3 is 10.1 Å². The molecule has 0 fully saturated rings. The standard InChI is InChI=1S/C25H25NO2/c1-2-23(28-19-21-14-8-4-9-15-21)24(22-16-10-5-11-17-22)25(27)26-18-20-12-6-3-7-13-20/h2-17,23-24H,1,18-19H2,(H,26,27)/t23-,24+/m0/s1. The predicted octanol–water partition coefficient (Wildman–Crippen LogP) is 4.86. The van der Waals surface area contributed by atoms with Gasteiger partial charge in [0.1, 0.15) is 0 Å². The number of amides is 1. The molecular weight excluding hydrogens is 346 g/mol. The van der Waals surface area contributed by atoms with Gasteiger partial charge in [0.05, 0.1) is 18.6 Å². The number of carbonyl (C=O) groups excluding carboxylic acids is 1. The van der Waals surface area contributed by atoms with Gasteiger partial charge in [0.25, 0.3) is 0 Å². The average Bonchev–Trinajstić information content (AvgIpc) is 2.77. The highest BCUT2D eigenvalue weighted by Gasteiger charge is 2.28. The van der Waals surface area contributed by atoms with Crippen LogP contribution in [0.2, 0.25) is 0 Å². The molecule has 3 rings (SSSR count). The maximum Gasteiger partial charge on any atom is 0.230 e. The Morgan fingerprint density at radius 3 is 1.96 bits per heavy atom. The minimum atomic E-state index is -0.467. The molecule has 0 spiro atoms. The highest BCUT2D eigenvalue weighted by atomic mass is 16.5. The van der Waals surface area contributed by atoms with Crippen molar-refractivity contribution >= 4 is 5.91 Å². The zero-order valence-corrected chi connectivity index (χ0v) is 15.8. The molecule has 28 heavy (non-hydrogen) atoms. The van der Waals surface area contributed by atoms with E-state index in [1.807, 2.05) is 91.0 Å². The predicted molar refractivity (Wildman–Crippen MR) is 113 cm³/mol. The van der Waals surface area contributed by atoms with Crippen molar-refractivity contribution in [3.05, 3.63) is 120 Å². The van der Waals surface area contributed by atoms with Crippen molar-refractivity contribution < 1.29 is 9.53 Å². The molecule has 0 aliphatic rings. The van der Waals surface area contributed by atoms with Gasteiger partial charge in [0.2, 0.25) is 5.91 Å². The minimum Gasteiger partial charge on any atom is -0.368 e. The molecule has 0 radical (unpaired) electrons. The van der Waals surface area contributed by atoms with Gasteiger partial charge in [-0.2, -0.15) is 0 Å². The summed E-state index contributed by atoms with van der Waals surface area (Å²) in [6.45, 7) is 4.82. The lowest BCUT2D eigenvalue weighted by Gasteiger charge is -2.25. The Bertz CT molecular complexity index is 863.